The van der Waals surface area contributed by atoms with E-state index in [-0.39, 0.29) is 67.8 Å². The number of nitrogen functional groups attached to an aromatic ring is 1. The molecule has 0 aliphatic carbocycles. The molecule has 0 fully saturated rings. The molecule has 2 rings (SSSR count). The number of nitrogens with zero attached hydrogens (tertiary/aromatic N) is 1. The molecule has 9 heteroatoms. The summed E-state index contributed by atoms with van der Waals surface area (Å²) in [6, 6.07) is 1.95. The van der Waals surface area contributed by atoms with E-state index in [0.717, 1.165) is 6.07 Å². The second kappa shape index (κ2) is 7.25. The molecule has 0 saturated heterocycles. The van der Waals surface area contributed by atoms with Gasteiger partial charge in [0.2, 0.25) is 0 Å². The Hall–Kier alpha value is -0.384. The van der Waals surface area contributed by atoms with Gasteiger partial charge < -0.3 is 10.8 Å². The van der Waals surface area contributed by atoms with Crippen LogP contribution in [0.1, 0.15) is 12.0 Å². The third kappa shape index (κ3) is 3.88. The van der Waals surface area contributed by atoms with Gasteiger partial charge in [0.15, 0.2) is 0 Å². The Bertz CT molecular complexity index is 662. The summed E-state index contributed by atoms with van der Waals surface area (Å²) >= 11 is 5.51. The van der Waals surface area contributed by atoms with Gasteiger partial charge in [-0.1, -0.05) is 11.6 Å². The van der Waals surface area contributed by atoms with Gasteiger partial charge in [-0.25, -0.2) is 17.6 Å². The Labute approximate surface area is 164 Å². The van der Waals surface area contributed by atoms with Crippen molar-refractivity contribution in [2.75, 3.05) is 5.73 Å². The van der Waals surface area contributed by atoms with E-state index in [1.807, 2.05) is 0 Å². The first-order valence-corrected chi connectivity index (χ1v) is 5.59. The van der Waals surface area contributed by atoms with Crippen LogP contribution in [0.4, 0.5) is 23.2 Å². The molecule has 0 saturated carbocycles. The fourth-order valence-electron chi connectivity index (χ4n) is 1.59. The molecule has 0 amide bonds. The van der Waals surface area contributed by atoms with Crippen molar-refractivity contribution in [3.8, 4) is 17.1 Å². The van der Waals surface area contributed by atoms with Crippen LogP contribution in [0, 0.1) is 11.6 Å². The van der Waals surface area contributed by atoms with Gasteiger partial charge in [0.1, 0.15) is 11.6 Å². The number of hydrogen-bond donors (Lipinski definition) is 1. The first kappa shape index (κ1) is 18.7. The van der Waals surface area contributed by atoms with E-state index in [2.05, 4.69) is 4.98 Å². The molecular formula is C12H6ClF4KN2O. The zero-order valence-corrected chi connectivity index (χ0v) is 14.5. The molecule has 3 nitrogen and oxygen atoms in total. The molecule has 0 aliphatic heterocycles. The predicted octanol–water partition coefficient (Wildman–Crippen LogP) is 0.278. The number of anilines is 1. The zero-order chi connectivity index (χ0) is 15.0. The fraction of sp³-hybridized carbons (Fsp3) is 0.0833. The normalized spacial score (nSPS) is 10.6. The van der Waals surface area contributed by atoms with Crippen LogP contribution in [0.15, 0.2) is 18.2 Å². The molecule has 106 valence electrons. The summed E-state index contributed by atoms with van der Waals surface area (Å²) in [5.41, 5.74) is 3.44. The van der Waals surface area contributed by atoms with Crippen molar-refractivity contribution in [1.29, 1.82) is 0 Å². The van der Waals surface area contributed by atoms with Gasteiger partial charge in [-0.3, -0.25) is 4.98 Å². The van der Waals surface area contributed by atoms with E-state index in [4.69, 9.17) is 17.3 Å². The first-order valence-electron chi connectivity index (χ1n) is 5.21. The van der Waals surface area contributed by atoms with E-state index >= 15 is 0 Å². The number of halogens is 5. The Morgan fingerprint density at radius 3 is 2.29 bits per heavy atom. The summed E-state index contributed by atoms with van der Waals surface area (Å²) in [4.78, 5) is 3.42. The molecule has 1 aromatic heterocycles. The van der Waals surface area contributed by atoms with Gasteiger partial charge >= 0.3 is 51.4 Å². The number of benzene rings is 1. The fourth-order valence-corrected chi connectivity index (χ4v) is 1.69. The smallest absolute Gasteiger partial charge is 0.858 e. The Balaban J connectivity index is 0.00000220. The van der Waals surface area contributed by atoms with Crippen LogP contribution in [0.3, 0.4) is 0 Å². The maximum absolute atomic E-state index is 13.7. The second-order valence-corrected chi connectivity index (χ2v) is 4.25. The number of alkyl halides is 2. The van der Waals surface area contributed by atoms with Gasteiger partial charge in [-0.2, -0.15) is 0 Å². The van der Waals surface area contributed by atoms with Crippen LogP contribution < -0.4 is 62.2 Å². The van der Waals surface area contributed by atoms with E-state index in [0.29, 0.717) is 12.1 Å². The van der Waals surface area contributed by atoms with Crippen molar-refractivity contribution in [3.63, 3.8) is 0 Å². The second-order valence-electron chi connectivity index (χ2n) is 3.87. The van der Waals surface area contributed by atoms with Gasteiger partial charge in [0.05, 0.1) is 22.0 Å². The molecule has 2 aromatic rings. The largest absolute Gasteiger partial charge is 1.00 e. The Morgan fingerprint density at radius 2 is 1.76 bits per heavy atom. The Kier molecular flexibility index (Phi) is 6.45. The van der Waals surface area contributed by atoms with Crippen LogP contribution in [0.5, 0.6) is 5.88 Å². The van der Waals surface area contributed by atoms with E-state index in [1.165, 1.54) is 0 Å². The molecule has 1 aromatic carbocycles. The van der Waals surface area contributed by atoms with Crippen molar-refractivity contribution in [3.05, 3.63) is 40.4 Å². The maximum atomic E-state index is 13.7. The molecule has 0 bridgehead atoms. The van der Waals surface area contributed by atoms with Crippen molar-refractivity contribution in [2.45, 2.75) is 6.43 Å². The minimum absolute atomic E-state index is 0. The molecule has 0 radical (unpaired) electrons. The number of aromatic nitrogens is 1. The predicted molar refractivity (Wildman–Crippen MR) is 63.4 cm³/mol. The van der Waals surface area contributed by atoms with Crippen LogP contribution in [-0.4, -0.2) is 4.98 Å². The maximum Gasteiger partial charge on any atom is 1.00 e. The van der Waals surface area contributed by atoms with Crippen LogP contribution in [0.25, 0.3) is 11.3 Å². The number of rotatable bonds is 2. The molecule has 0 spiro atoms. The minimum atomic E-state index is -3.16. The van der Waals surface area contributed by atoms with Gasteiger partial charge in [-0.15, -0.1) is 0 Å². The molecule has 1 heterocycles. The number of nitrogens with two attached hydrogens (primary N) is 1. The molecule has 0 unspecified atom stereocenters. The Morgan fingerprint density at radius 1 is 1.14 bits per heavy atom. The summed E-state index contributed by atoms with van der Waals surface area (Å²) in [7, 11) is 0. The third-order valence-electron chi connectivity index (χ3n) is 2.55. The monoisotopic (exact) mass is 344 g/mol. The topological polar surface area (TPSA) is 62.0 Å². The van der Waals surface area contributed by atoms with Crippen LogP contribution >= 0.6 is 11.6 Å². The van der Waals surface area contributed by atoms with Gasteiger partial charge in [0, 0.05) is 11.4 Å². The van der Waals surface area contributed by atoms with Crippen molar-refractivity contribution in [1.82, 2.24) is 4.98 Å². The summed E-state index contributed by atoms with van der Waals surface area (Å²) in [6.45, 7) is 0. The molecule has 2 N–H and O–H groups in total. The summed E-state index contributed by atoms with van der Waals surface area (Å²) < 4.78 is 52.0. The van der Waals surface area contributed by atoms with Crippen molar-refractivity contribution >= 4 is 17.3 Å². The zero-order valence-electron chi connectivity index (χ0n) is 10.6. The number of pyridine rings is 1. The number of hydrogen-bond acceptors (Lipinski definition) is 3. The summed E-state index contributed by atoms with van der Waals surface area (Å²) in [6.07, 6.45) is -3.16. The molecule has 0 atom stereocenters. The van der Waals surface area contributed by atoms with Gasteiger partial charge in [0.25, 0.3) is 6.43 Å². The minimum Gasteiger partial charge on any atom is -0.858 e. The molecule has 21 heavy (non-hydrogen) atoms. The van der Waals surface area contributed by atoms with Gasteiger partial charge in [-0.05, 0) is 18.2 Å². The summed E-state index contributed by atoms with van der Waals surface area (Å²) in [5.74, 6) is -3.37. The standard InChI is InChI=1S/C12H7ClF4N2O.K/c13-10-8(18)3-9(19-12(10)20)4-1-7(15)5(11(16)17)2-6(4)14;/h1-3,11H,(H3,18,19,20);/q;+1/p-1. The average molecular weight is 345 g/mol. The SMILES string of the molecule is Nc1cc(-c2cc(F)c(C(F)F)cc2F)nc([O-])c1Cl.[K+]. The first-order chi connectivity index (χ1) is 9.31. The quantitative estimate of drug-likeness (QED) is 0.629. The third-order valence-corrected chi connectivity index (χ3v) is 2.93. The summed E-state index contributed by atoms with van der Waals surface area (Å²) in [5, 5.41) is 11.0. The van der Waals surface area contributed by atoms with Crippen LogP contribution in [-0.2, 0) is 0 Å². The van der Waals surface area contributed by atoms with Crippen LogP contribution in [0.2, 0.25) is 5.02 Å². The average Bonchev–Trinajstić information content (AvgIpc) is 2.37. The molecular weight excluding hydrogens is 339 g/mol. The van der Waals surface area contributed by atoms with Crippen molar-refractivity contribution < 1.29 is 74.1 Å². The van der Waals surface area contributed by atoms with E-state index in [1.54, 1.807) is 0 Å². The molecule has 0 aliphatic rings. The van der Waals surface area contributed by atoms with E-state index in [9.17, 15) is 22.7 Å². The van der Waals surface area contributed by atoms with E-state index < -0.39 is 35.1 Å². The van der Waals surface area contributed by atoms with Crippen molar-refractivity contribution in [2.24, 2.45) is 0 Å².